The maximum atomic E-state index is 12.5. The number of aryl methyl sites for hydroxylation is 1. The summed E-state index contributed by atoms with van der Waals surface area (Å²) in [6.07, 6.45) is 5.64. The lowest BCUT2D eigenvalue weighted by Gasteiger charge is -2.22. The fraction of sp³-hybridized carbons (Fsp3) is 0.200. The van der Waals surface area contributed by atoms with Crippen LogP contribution in [0, 0.1) is 6.92 Å². The van der Waals surface area contributed by atoms with Gasteiger partial charge in [-0.25, -0.2) is 4.98 Å². The molecule has 1 unspecified atom stereocenters. The van der Waals surface area contributed by atoms with E-state index in [-0.39, 0.29) is 11.6 Å². The van der Waals surface area contributed by atoms with Crippen molar-refractivity contribution in [1.29, 1.82) is 0 Å². The van der Waals surface area contributed by atoms with Crippen LogP contribution in [-0.4, -0.2) is 33.9 Å². The molecule has 0 spiro atoms. The molecule has 1 saturated heterocycles. The predicted molar refractivity (Wildman–Crippen MR) is 122 cm³/mol. The van der Waals surface area contributed by atoms with Crippen molar-refractivity contribution in [2.45, 2.75) is 19.3 Å². The molecule has 2 aromatic carbocycles. The number of fused-ring (bicyclic) bond motifs is 1. The van der Waals surface area contributed by atoms with Crippen LogP contribution in [0.15, 0.2) is 73.2 Å². The van der Waals surface area contributed by atoms with Crippen molar-refractivity contribution in [3.8, 4) is 0 Å². The van der Waals surface area contributed by atoms with E-state index in [4.69, 9.17) is 4.98 Å². The summed E-state index contributed by atoms with van der Waals surface area (Å²) in [6.45, 7) is 3.99. The standard InChI is InChI=1S/C25H23N5O/c1-17-13-24(30-12-9-19(16-30)18-5-3-2-4-6-18)21-14-20(7-8-22(21)28-17)29-25(31)23-15-26-10-11-27-23/h2-8,10-11,13-15,19H,9,12,16H2,1H3,(H,29,31). The summed E-state index contributed by atoms with van der Waals surface area (Å²) in [5, 5.41) is 3.97. The number of benzene rings is 2. The number of amides is 1. The van der Waals surface area contributed by atoms with Crippen LogP contribution in [0.5, 0.6) is 0 Å². The van der Waals surface area contributed by atoms with Crippen molar-refractivity contribution >= 4 is 28.2 Å². The molecule has 3 heterocycles. The Morgan fingerprint density at radius 1 is 1.10 bits per heavy atom. The molecule has 1 amide bonds. The fourth-order valence-electron chi connectivity index (χ4n) is 4.26. The quantitative estimate of drug-likeness (QED) is 0.534. The third-order valence-corrected chi connectivity index (χ3v) is 5.77. The normalized spacial score (nSPS) is 15.9. The van der Waals surface area contributed by atoms with Crippen LogP contribution in [0.2, 0.25) is 0 Å². The summed E-state index contributed by atoms with van der Waals surface area (Å²) in [5.41, 5.74) is 5.47. The summed E-state index contributed by atoms with van der Waals surface area (Å²) in [7, 11) is 0. The van der Waals surface area contributed by atoms with Crippen LogP contribution in [0.25, 0.3) is 10.9 Å². The van der Waals surface area contributed by atoms with Gasteiger partial charge in [-0.05, 0) is 43.2 Å². The van der Waals surface area contributed by atoms with Crippen LogP contribution < -0.4 is 10.2 Å². The molecule has 4 aromatic rings. The van der Waals surface area contributed by atoms with Crippen LogP contribution in [0.3, 0.4) is 0 Å². The van der Waals surface area contributed by atoms with Crippen LogP contribution >= 0.6 is 0 Å². The first-order valence-corrected chi connectivity index (χ1v) is 10.5. The average Bonchev–Trinajstić information content (AvgIpc) is 3.30. The Bertz CT molecular complexity index is 1230. The van der Waals surface area contributed by atoms with Gasteiger partial charge < -0.3 is 10.2 Å². The molecule has 0 bridgehead atoms. The zero-order valence-electron chi connectivity index (χ0n) is 17.3. The van der Waals surface area contributed by atoms with Crippen molar-refractivity contribution in [1.82, 2.24) is 15.0 Å². The first-order valence-electron chi connectivity index (χ1n) is 10.5. The first kappa shape index (κ1) is 19.2. The number of hydrogen-bond donors (Lipinski definition) is 1. The first-order chi connectivity index (χ1) is 15.2. The second-order valence-corrected chi connectivity index (χ2v) is 7.90. The third kappa shape index (κ3) is 3.97. The van der Waals surface area contributed by atoms with Crippen LogP contribution in [0.4, 0.5) is 11.4 Å². The highest BCUT2D eigenvalue weighted by Gasteiger charge is 2.25. The number of rotatable bonds is 4. The van der Waals surface area contributed by atoms with Crippen molar-refractivity contribution < 1.29 is 4.79 Å². The smallest absolute Gasteiger partial charge is 0.275 e. The second kappa shape index (κ2) is 8.14. The van der Waals surface area contributed by atoms with Crippen LogP contribution in [-0.2, 0) is 0 Å². The SMILES string of the molecule is Cc1cc(N2CCC(c3ccccc3)C2)c2cc(NC(=O)c3cnccn3)ccc2n1. The number of nitrogens with one attached hydrogen (secondary N) is 1. The van der Waals surface area contributed by atoms with E-state index in [1.807, 2.05) is 25.1 Å². The highest BCUT2D eigenvalue weighted by molar-refractivity contribution is 6.04. The van der Waals surface area contributed by atoms with Crippen molar-refractivity contribution in [2.75, 3.05) is 23.3 Å². The minimum atomic E-state index is -0.278. The summed E-state index contributed by atoms with van der Waals surface area (Å²) in [4.78, 5) is 27.7. The lowest BCUT2D eigenvalue weighted by molar-refractivity contribution is 0.102. The van der Waals surface area contributed by atoms with Gasteiger partial charge in [-0.2, -0.15) is 0 Å². The van der Waals surface area contributed by atoms with E-state index in [9.17, 15) is 4.79 Å². The largest absolute Gasteiger partial charge is 0.370 e. The Balaban J connectivity index is 1.45. The molecule has 31 heavy (non-hydrogen) atoms. The molecule has 0 radical (unpaired) electrons. The fourth-order valence-corrected chi connectivity index (χ4v) is 4.26. The van der Waals surface area contributed by atoms with Gasteiger partial charge in [0.25, 0.3) is 5.91 Å². The number of pyridine rings is 1. The lowest BCUT2D eigenvalue weighted by Crippen LogP contribution is -2.20. The number of nitrogens with zero attached hydrogens (tertiary/aromatic N) is 4. The molecule has 1 aliphatic heterocycles. The van der Waals surface area contributed by atoms with Gasteiger partial charge in [0.05, 0.1) is 11.7 Å². The molecule has 1 aliphatic rings. The lowest BCUT2D eigenvalue weighted by atomic mass is 9.99. The Labute approximate surface area is 181 Å². The van der Waals surface area contributed by atoms with Gasteiger partial charge >= 0.3 is 0 Å². The Kier molecular flexibility index (Phi) is 5.04. The molecule has 1 fully saturated rings. The number of aromatic nitrogens is 3. The van der Waals surface area contributed by atoms with Gasteiger partial charge in [0.1, 0.15) is 5.69 Å². The molecule has 2 aromatic heterocycles. The van der Waals surface area contributed by atoms with Crippen molar-refractivity contribution in [2.24, 2.45) is 0 Å². The van der Waals surface area contributed by atoms with Gasteiger partial charge in [0.2, 0.25) is 0 Å². The minimum Gasteiger partial charge on any atom is -0.370 e. The van der Waals surface area contributed by atoms with E-state index in [2.05, 4.69) is 56.6 Å². The van der Waals surface area contributed by atoms with E-state index in [1.165, 1.54) is 18.0 Å². The van der Waals surface area contributed by atoms with Crippen molar-refractivity contribution in [3.63, 3.8) is 0 Å². The van der Waals surface area contributed by atoms with Gasteiger partial charge in [-0.1, -0.05) is 30.3 Å². The van der Waals surface area contributed by atoms with E-state index < -0.39 is 0 Å². The topological polar surface area (TPSA) is 71.0 Å². The summed E-state index contributed by atoms with van der Waals surface area (Å²) >= 11 is 0. The maximum Gasteiger partial charge on any atom is 0.275 e. The number of carbonyl (C=O) groups excluding carboxylic acids is 1. The number of hydrogen-bond acceptors (Lipinski definition) is 5. The minimum absolute atomic E-state index is 0.278. The monoisotopic (exact) mass is 409 g/mol. The zero-order valence-corrected chi connectivity index (χ0v) is 17.3. The van der Waals surface area contributed by atoms with Gasteiger partial charge in [-0.3, -0.25) is 14.8 Å². The molecule has 1 atom stereocenters. The second-order valence-electron chi connectivity index (χ2n) is 7.90. The summed E-state index contributed by atoms with van der Waals surface area (Å²) in [5.74, 6) is 0.239. The van der Waals surface area contributed by atoms with E-state index >= 15 is 0 Å². The predicted octanol–water partition coefficient (Wildman–Crippen LogP) is 4.58. The Morgan fingerprint density at radius 2 is 1.97 bits per heavy atom. The highest BCUT2D eigenvalue weighted by atomic mass is 16.1. The summed E-state index contributed by atoms with van der Waals surface area (Å²) in [6, 6.07) is 18.7. The molecule has 6 heteroatoms. The molecule has 1 N–H and O–H groups in total. The van der Waals surface area contributed by atoms with E-state index in [0.717, 1.165) is 41.8 Å². The van der Waals surface area contributed by atoms with E-state index in [0.29, 0.717) is 11.6 Å². The Morgan fingerprint density at radius 3 is 2.77 bits per heavy atom. The van der Waals surface area contributed by atoms with Gasteiger partial charge in [-0.15, -0.1) is 0 Å². The number of anilines is 2. The Hall–Kier alpha value is -3.80. The summed E-state index contributed by atoms with van der Waals surface area (Å²) < 4.78 is 0. The molecule has 0 saturated carbocycles. The average molecular weight is 409 g/mol. The molecule has 0 aliphatic carbocycles. The number of carbonyl (C=O) groups is 1. The maximum absolute atomic E-state index is 12.5. The van der Waals surface area contributed by atoms with Gasteiger partial charge in [0.15, 0.2) is 0 Å². The zero-order chi connectivity index (χ0) is 21.2. The molecule has 6 nitrogen and oxygen atoms in total. The molecular weight excluding hydrogens is 386 g/mol. The highest BCUT2D eigenvalue weighted by Crippen LogP contribution is 2.35. The van der Waals surface area contributed by atoms with Crippen molar-refractivity contribution in [3.05, 3.63) is 90.1 Å². The van der Waals surface area contributed by atoms with Crippen LogP contribution in [0.1, 0.15) is 34.1 Å². The molecule has 154 valence electrons. The third-order valence-electron chi connectivity index (χ3n) is 5.77. The van der Waals surface area contributed by atoms with Gasteiger partial charge in [0, 0.05) is 53.9 Å². The van der Waals surface area contributed by atoms with E-state index in [1.54, 1.807) is 6.20 Å². The molecule has 5 rings (SSSR count). The molecular formula is C25H23N5O.